The van der Waals surface area contributed by atoms with Crippen molar-refractivity contribution in [2.24, 2.45) is 0 Å². The van der Waals surface area contributed by atoms with Crippen molar-refractivity contribution >= 4 is 22.6 Å². The molecule has 154 valence electrons. The number of hydrogen-bond donors (Lipinski definition) is 1. The highest BCUT2D eigenvalue weighted by Gasteiger charge is 2.26. The molecule has 0 atom stereocenters. The van der Waals surface area contributed by atoms with Gasteiger partial charge in [0.25, 0.3) is 0 Å². The van der Waals surface area contributed by atoms with Crippen molar-refractivity contribution in [2.45, 2.75) is 33.2 Å². The van der Waals surface area contributed by atoms with Gasteiger partial charge in [0.2, 0.25) is 0 Å². The van der Waals surface area contributed by atoms with E-state index in [9.17, 15) is 10.1 Å². The number of fused-ring (bicyclic) bond motifs is 2. The fourth-order valence-corrected chi connectivity index (χ4v) is 4.33. The number of carbonyl (C=O) groups is 1. The second-order valence-electron chi connectivity index (χ2n) is 7.45. The van der Waals surface area contributed by atoms with E-state index < -0.39 is 0 Å². The van der Waals surface area contributed by atoms with E-state index in [1.807, 2.05) is 37.3 Å². The van der Waals surface area contributed by atoms with Gasteiger partial charge >= 0.3 is 6.03 Å². The van der Waals surface area contributed by atoms with E-state index in [-0.39, 0.29) is 6.03 Å². The molecule has 1 N–H and O–H groups in total. The standard InChI is InChI=1S/C24H26N4O2/c1-4-11-27-22-14-18(30-3)7-8-19(22)20(15-25)23(27)17-6-9-21-16(13-17)10-12-28(21)24(29)26-5-2/h6-9,13-14H,4-5,10-12H2,1-3H3,(H,26,29). The van der Waals surface area contributed by atoms with Gasteiger partial charge in [-0.3, -0.25) is 4.90 Å². The van der Waals surface area contributed by atoms with E-state index in [1.54, 1.807) is 12.0 Å². The maximum Gasteiger partial charge on any atom is 0.321 e. The summed E-state index contributed by atoms with van der Waals surface area (Å²) >= 11 is 0. The van der Waals surface area contributed by atoms with E-state index in [1.165, 1.54) is 0 Å². The molecular weight excluding hydrogens is 376 g/mol. The third-order valence-electron chi connectivity index (χ3n) is 5.65. The minimum absolute atomic E-state index is 0.0612. The molecule has 2 heterocycles. The second kappa shape index (κ2) is 8.11. The van der Waals surface area contributed by atoms with Gasteiger partial charge in [-0.2, -0.15) is 5.26 Å². The van der Waals surface area contributed by atoms with Crippen LogP contribution >= 0.6 is 0 Å². The number of benzene rings is 2. The van der Waals surface area contributed by atoms with Crippen molar-refractivity contribution in [3.63, 3.8) is 0 Å². The van der Waals surface area contributed by atoms with E-state index in [4.69, 9.17) is 4.74 Å². The molecule has 4 rings (SSSR count). The molecule has 6 nitrogen and oxygen atoms in total. The van der Waals surface area contributed by atoms with Crippen LogP contribution < -0.4 is 15.0 Å². The maximum atomic E-state index is 12.3. The van der Waals surface area contributed by atoms with Crippen molar-refractivity contribution in [3.8, 4) is 23.1 Å². The predicted octanol–water partition coefficient (Wildman–Crippen LogP) is 4.69. The monoisotopic (exact) mass is 402 g/mol. The number of hydrogen-bond acceptors (Lipinski definition) is 3. The number of nitriles is 1. The number of nitrogens with one attached hydrogen (secondary N) is 1. The molecule has 0 spiro atoms. The summed E-state index contributed by atoms with van der Waals surface area (Å²) in [5.74, 6) is 0.778. The van der Waals surface area contributed by atoms with E-state index >= 15 is 0 Å². The van der Waals surface area contributed by atoms with Crippen LogP contribution in [-0.2, 0) is 13.0 Å². The second-order valence-corrected chi connectivity index (χ2v) is 7.45. The lowest BCUT2D eigenvalue weighted by atomic mass is 10.0. The van der Waals surface area contributed by atoms with Crippen LogP contribution in [0.25, 0.3) is 22.2 Å². The zero-order valence-corrected chi connectivity index (χ0v) is 17.7. The summed E-state index contributed by atoms with van der Waals surface area (Å²) in [5, 5.41) is 13.8. The summed E-state index contributed by atoms with van der Waals surface area (Å²) in [6, 6.07) is 14.4. The topological polar surface area (TPSA) is 70.3 Å². The zero-order valence-electron chi connectivity index (χ0n) is 17.7. The average molecular weight is 402 g/mol. The molecule has 1 aliphatic rings. The molecule has 0 bridgehead atoms. The molecule has 0 fully saturated rings. The molecule has 2 aromatic carbocycles. The Morgan fingerprint density at radius 3 is 2.77 bits per heavy atom. The van der Waals surface area contributed by atoms with Crippen molar-refractivity contribution in [3.05, 3.63) is 47.5 Å². The SMILES string of the molecule is CCCn1c(-c2ccc3c(c2)CCN3C(=O)NCC)c(C#N)c2ccc(OC)cc21. The van der Waals surface area contributed by atoms with Crippen LogP contribution in [0.5, 0.6) is 5.75 Å². The quantitative estimate of drug-likeness (QED) is 0.673. The van der Waals surface area contributed by atoms with Crippen LogP contribution in [-0.4, -0.2) is 30.8 Å². The Morgan fingerprint density at radius 1 is 1.23 bits per heavy atom. The summed E-state index contributed by atoms with van der Waals surface area (Å²) in [6.45, 7) is 6.14. The highest BCUT2D eigenvalue weighted by Crippen LogP contribution is 2.38. The molecule has 2 amide bonds. The fourth-order valence-electron chi connectivity index (χ4n) is 4.33. The zero-order chi connectivity index (χ0) is 21.3. The summed E-state index contributed by atoms with van der Waals surface area (Å²) in [7, 11) is 1.65. The lowest BCUT2D eigenvalue weighted by Gasteiger charge is -2.18. The van der Waals surface area contributed by atoms with Crippen molar-refractivity contribution in [1.29, 1.82) is 5.26 Å². The Kier molecular flexibility index (Phi) is 5.37. The van der Waals surface area contributed by atoms with Gasteiger partial charge in [0.1, 0.15) is 11.8 Å². The summed E-state index contributed by atoms with van der Waals surface area (Å²) in [6.07, 6.45) is 1.76. The number of nitrogens with zero attached hydrogens (tertiary/aromatic N) is 3. The molecule has 3 aromatic rings. The summed E-state index contributed by atoms with van der Waals surface area (Å²) in [4.78, 5) is 14.1. The van der Waals surface area contributed by atoms with Gasteiger partial charge in [0, 0.05) is 36.8 Å². The molecule has 0 aliphatic carbocycles. The number of ether oxygens (including phenoxy) is 1. The van der Waals surface area contributed by atoms with E-state index in [0.717, 1.165) is 58.5 Å². The predicted molar refractivity (Wildman–Crippen MR) is 119 cm³/mol. The molecule has 0 saturated heterocycles. The van der Waals surface area contributed by atoms with Gasteiger partial charge in [-0.15, -0.1) is 0 Å². The van der Waals surface area contributed by atoms with Crippen molar-refractivity contribution < 1.29 is 9.53 Å². The number of carbonyl (C=O) groups excluding carboxylic acids is 1. The number of rotatable bonds is 5. The summed E-state index contributed by atoms with van der Waals surface area (Å²) < 4.78 is 7.64. The van der Waals surface area contributed by atoms with E-state index in [0.29, 0.717) is 18.7 Å². The number of methoxy groups -OCH3 is 1. The third-order valence-corrected chi connectivity index (χ3v) is 5.65. The maximum absolute atomic E-state index is 12.3. The Morgan fingerprint density at radius 2 is 2.07 bits per heavy atom. The van der Waals surface area contributed by atoms with Crippen LogP contribution in [0.15, 0.2) is 36.4 Å². The molecule has 1 aromatic heterocycles. The highest BCUT2D eigenvalue weighted by molar-refractivity contribution is 5.97. The summed E-state index contributed by atoms with van der Waals surface area (Å²) in [5.41, 5.74) is 5.71. The van der Waals surface area contributed by atoms with Crippen LogP contribution in [0.1, 0.15) is 31.4 Å². The molecule has 0 saturated carbocycles. The van der Waals surface area contributed by atoms with E-state index in [2.05, 4.69) is 28.9 Å². The van der Waals surface area contributed by atoms with Gasteiger partial charge in [-0.05, 0) is 55.2 Å². The number of aromatic nitrogens is 1. The number of urea groups is 1. The van der Waals surface area contributed by atoms with Crippen LogP contribution in [0.3, 0.4) is 0 Å². The van der Waals surface area contributed by atoms with Gasteiger partial charge in [-0.25, -0.2) is 4.79 Å². The van der Waals surface area contributed by atoms with Crippen LogP contribution in [0.2, 0.25) is 0 Å². The molecule has 0 radical (unpaired) electrons. The van der Waals surface area contributed by atoms with Crippen molar-refractivity contribution in [2.75, 3.05) is 25.1 Å². The molecule has 0 unspecified atom stereocenters. The van der Waals surface area contributed by atoms with Crippen LogP contribution in [0, 0.1) is 11.3 Å². The fraction of sp³-hybridized carbons (Fsp3) is 0.333. The van der Waals surface area contributed by atoms with Gasteiger partial charge in [0.05, 0.1) is 23.9 Å². The van der Waals surface area contributed by atoms with Crippen LogP contribution in [0.4, 0.5) is 10.5 Å². The van der Waals surface area contributed by atoms with Crippen molar-refractivity contribution in [1.82, 2.24) is 9.88 Å². The first-order valence-electron chi connectivity index (χ1n) is 10.4. The third kappa shape index (κ3) is 3.17. The Balaban J connectivity index is 1.87. The highest BCUT2D eigenvalue weighted by atomic mass is 16.5. The normalized spacial score (nSPS) is 12.7. The lowest BCUT2D eigenvalue weighted by molar-refractivity contribution is 0.247. The molecule has 1 aliphatic heterocycles. The molecular formula is C24H26N4O2. The lowest BCUT2D eigenvalue weighted by Crippen LogP contribution is -2.38. The Labute approximate surface area is 176 Å². The number of aryl methyl sites for hydroxylation is 1. The number of amides is 2. The largest absolute Gasteiger partial charge is 0.497 e. The first kappa shape index (κ1) is 19.8. The van der Waals surface area contributed by atoms with Gasteiger partial charge in [0.15, 0.2) is 0 Å². The van der Waals surface area contributed by atoms with Gasteiger partial charge in [-0.1, -0.05) is 13.0 Å². The first-order chi connectivity index (χ1) is 14.6. The minimum Gasteiger partial charge on any atom is -0.497 e. The smallest absolute Gasteiger partial charge is 0.321 e. The first-order valence-corrected chi connectivity index (χ1v) is 10.4. The Bertz CT molecular complexity index is 1160. The Hall–Kier alpha value is -3.46. The average Bonchev–Trinajstić information content (AvgIpc) is 3.32. The molecule has 30 heavy (non-hydrogen) atoms. The number of anilines is 1. The minimum atomic E-state index is -0.0612. The van der Waals surface area contributed by atoms with Gasteiger partial charge < -0.3 is 14.6 Å². The molecule has 6 heteroatoms.